The quantitative estimate of drug-likeness (QED) is 0.141. The molecule has 3 aliphatic heterocycles. The Labute approximate surface area is 317 Å². The number of amides is 1. The number of benzene rings is 3. The molecule has 7 atom stereocenters. The van der Waals surface area contributed by atoms with Crippen molar-refractivity contribution in [2.24, 2.45) is 9.98 Å². The fourth-order valence-corrected chi connectivity index (χ4v) is 8.49. The van der Waals surface area contributed by atoms with Gasteiger partial charge in [0, 0.05) is 36.3 Å². The van der Waals surface area contributed by atoms with Crippen molar-refractivity contribution in [3.05, 3.63) is 89.0 Å². The minimum atomic E-state index is -1.79. The molecule has 1 saturated carbocycles. The highest BCUT2D eigenvalue weighted by Gasteiger charge is 2.51. The fourth-order valence-electron chi connectivity index (χ4n) is 8.49. The first-order valence-electron chi connectivity index (χ1n) is 18.5. The maximum absolute atomic E-state index is 14.3. The summed E-state index contributed by atoms with van der Waals surface area (Å²) in [5, 5.41) is 73.7. The molecule has 55 heavy (non-hydrogen) atoms. The maximum atomic E-state index is 14.3. The van der Waals surface area contributed by atoms with Crippen molar-refractivity contribution in [1.82, 2.24) is 0 Å². The maximum Gasteiger partial charge on any atom is 0.327 e. The molecule has 3 aromatic carbocycles. The third kappa shape index (κ3) is 7.60. The Morgan fingerprint density at radius 1 is 0.945 bits per heavy atom. The van der Waals surface area contributed by atoms with E-state index in [9.17, 15) is 45.3 Å². The lowest BCUT2D eigenvalue weighted by atomic mass is 9.63. The number of aromatic hydroxyl groups is 2. The summed E-state index contributed by atoms with van der Waals surface area (Å²) in [5.41, 5.74) is 3.10. The van der Waals surface area contributed by atoms with Crippen molar-refractivity contribution < 1.29 is 54.8 Å². The number of aliphatic hydroxyl groups is 4. The van der Waals surface area contributed by atoms with Crippen molar-refractivity contribution in [1.29, 1.82) is 0 Å². The van der Waals surface area contributed by atoms with Crippen LogP contribution in [0, 0.1) is 0 Å². The number of aliphatic carboxylic acids is 1. The van der Waals surface area contributed by atoms with Crippen LogP contribution in [0.25, 0.3) is 6.08 Å². The predicted octanol–water partition coefficient (Wildman–Crippen LogP) is 3.19. The molecule has 0 bridgehead atoms. The van der Waals surface area contributed by atoms with E-state index < -0.39 is 72.3 Å². The van der Waals surface area contributed by atoms with Crippen molar-refractivity contribution in [2.75, 3.05) is 18.2 Å². The van der Waals surface area contributed by atoms with Crippen LogP contribution in [-0.2, 0) is 26.2 Å². The van der Waals surface area contributed by atoms with Gasteiger partial charge in [-0.3, -0.25) is 19.7 Å². The first kappa shape index (κ1) is 38.2. The van der Waals surface area contributed by atoms with E-state index in [0.717, 1.165) is 37.7 Å². The third-order valence-electron chi connectivity index (χ3n) is 11.3. The molecule has 7 N–H and O–H groups in total. The number of carboxylic acid groups (broad SMARTS) is 1. The number of carbonyl (C=O) groups excluding carboxylic acids is 1. The average molecular weight is 756 g/mol. The topological polar surface area (TPSA) is 222 Å². The number of aliphatic imine (C=N–C) groups is 2. The molecule has 0 radical (unpaired) electrons. The van der Waals surface area contributed by atoms with Gasteiger partial charge in [-0.1, -0.05) is 55.7 Å². The van der Waals surface area contributed by atoms with Gasteiger partial charge in [0.15, 0.2) is 11.5 Å². The predicted molar refractivity (Wildman–Crippen MR) is 202 cm³/mol. The van der Waals surface area contributed by atoms with Crippen molar-refractivity contribution >= 4 is 35.6 Å². The van der Waals surface area contributed by atoms with E-state index in [-0.39, 0.29) is 17.2 Å². The minimum Gasteiger partial charge on any atom is -0.508 e. The van der Waals surface area contributed by atoms with Crippen LogP contribution in [-0.4, -0.2) is 110 Å². The summed E-state index contributed by atoms with van der Waals surface area (Å²) in [7, 11) is 0. The van der Waals surface area contributed by atoms with Gasteiger partial charge in [-0.05, 0) is 65.6 Å². The van der Waals surface area contributed by atoms with E-state index >= 15 is 0 Å². The normalized spacial score (nSPS) is 27.2. The number of ether oxygens (including phenoxy) is 2. The Bertz CT molecular complexity index is 1990. The highest BCUT2D eigenvalue weighted by atomic mass is 16.7. The van der Waals surface area contributed by atoms with Crippen LogP contribution in [0.15, 0.2) is 76.7 Å². The lowest BCUT2D eigenvalue weighted by Gasteiger charge is -2.41. The molecule has 7 unspecified atom stereocenters. The second-order valence-electron chi connectivity index (χ2n) is 14.7. The van der Waals surface area contributed by atoms with Crippen LogP contribution in [0.1, 0.15) is 66.7 Å². The summed E-state index contributed by atoms with van der Waals surface area (Å²) in [4.78, 5) is 37.3. The Kier molecular flexibility index (Phi) is 11.1. The van der Waals surface area contributed by atoms with Gasteiger partial charge in [0.2, 0.25) is 6.29 Å². The molecular weight excluding hydrogens is 710 g/mol. The molecule has 4 aliphatic rings. The van der Waals surface area contributed by atoms with Crippen molar-refractivity contribution in [3.8, 4) is 17.2 Å². The monoisotopic (exact) mass is 755 g/mol. The SMILES string of the molecule is O=C(O)C1C(CC2(c3ccccc3)CCCCC2)c2cc(O)c(OC3OC(CO)C(O)C(O)C3O)cc2N1C(=O)C=Cc1ccc(O)c(CC2=NCN=C2)c1. The lowest BCUT2D eigenvalue weighted by Crippen LogP contribution is -2.60. The van der Waals surface area contributed by atoms with Gasteiger partial charge < -0.3 is 45.2 Å². The van der Waals surface area contributed by atoms with E-state index in [1.807, 2.05) is 18.2 Å². The molecule has 2 fully saturated rings. The highest BCUT2D eigenvalue weighted by molar-refractivity contribution is 6.32. The van der Waals surface area contributed by atoms with Crippen LogP contribution in [0.2, 0.25) is 0 Å². The van der Waals surface area contributed by atoms with Gasteiger partial charge in [-0.25, -0.2) is 4.79 Å². The van der Waals surface area contributed by atoms with Gasteiger partial charge in [0.1, 0.15) is 42.9 Å². The number of rotatable bonds is 11. The Balaban J connectivity index is 1.27. The molecule has 1 aliphatic carbocycles. The molecule has 0 aromatic heterocycles. The number of hydrogen-bond donors (Lipinski definition) is 7. The van der Waals surface area contributed by atoms with Gasteiger partial charge in [0.05, 0.1) is 18.0 Å². The standard InChI is InChI=1S/C41H45N3O11/c45-21-33-36(49)37(50)38(51)40(55-33)54-32-18-29-27(17-31(32)47)28(19-41(13-5-2-6-14-41)25-7-3-1-4-8-25)35(39(52)53)44(29)34(48)12-10-23-9-11-30(46)24(15-23)16-26-20-42-22-43-26/h1,3-4,7-12,15,17-18,20,28,33,35-38,40,45-47,49-51H,2,5-6,13-14,16,19,21-22H2,(H,52,53). The van der Waals surface area contributed by atoms with E-state index in [1.165, 1.54) is 35.3 Å². The zero-order valence-electron chi connectivity index (χ0n) is 30.0. The number of hydrogen-bond acceptors (Lipinski definition) is 12. The summed E-state index contributed by atoms with van der Waals surface area (Å²) in [6.45, 7) is -0.376. The molecule has 0 spiro atoms. The number of phenols is 2. The van der Waals surface area contributed by atoms with Gasteiger partial charge in [-0.15, -0.1) is 0 Å². The zero-order valence-corrected chi connectivity index (χ0v) is 30.0. The van der Waals surface area contributed by atoms with Crippen molar-refractivity contribution in [2.45, 2.75) is 93.0 Å². The summed E-state index contributed by atoms with van der Waals surface area (Å²) in [6.07, 6.45) is 1.59. The first-order valence-corrected chi connectivity index (χ1v) is 18.5. The molecule has 14 nitrogen and oxygen atoms in total. The van der Waals surface area contributed by atoms with Crippen LogP contribution in [0.4, 0.5) is 5.69 Å². The lowest BCUT2D eigenvalue weighted by molar-refractivity contribution is -0.277. The Morgan fingerprint density at radius 3 is 2.40 bits per heavy atom. The summed E-state index contributed by atoms with van der Waals surface area (Å²) in [5.74, 6) is -3.34. The summed E-state index contributed by atoms with van der Waals surface area (Å²) < 4.78 is 11.3. The summed E-state index contributed by atoms with van der Waals surface area (Å²) in [6, 6.07) is 16.1. The Hall–Kier alpha value is -5.12. The van der Waals surface area contributed by atoms with Gasteiger partial charge >= 0.3 is 5.97 Å². The molecule has 7 rings (SSSR count). The van der Waals surface area contributed by atoms with E-state index in [1.54, 1.807) is 18.3 Å². The van der Waals surface area contributed by atoms with E-state index in [0.29, 0.717) is 41.9 Å². The van der Waals surface area contributed by atoms with Gasteiger partial charge in [0.25, 0.3) is 5.91 Å². The molecule has 1 amide bonds. The van der Waals surface area contributed by atoms with Crippen LogP contribution >= 0.6 is 0 Å². The number of anilines is 1. The summed E-state index contributed by atoms with van der Waals surface area (Å²) >= 11 is 0. The molecule has 3 aromatic rings. The number of carboxylic acids is 1. The Morgan fingerprint density at radius 2 is 1.71 bits per heavy atom. The number of phenolic OH excluding ortho intramolecular Hbond substituents is 2. The molecular formula is C41H45N3O11. The van der Waals surface area contributed by atoms with Crippen molar-refractivity contribution in [3.63, 3.8) is 0 Å². The largest absolute Gasteiger partial charge is 0.508 e. The number of carbonyl (C=O) groups is 2. The average Bonchev–Trinajstić information content (AvgIpc) is 3.81. The highest BCUT2D eigenvalue weighted by Crippen LogP contribution is 2.54. The van der Waals surface area contributed by atoms with Crippen LogP contribution in [0.5, 0.6) is 17.2 Å². The molecule has 290 valence electrons. The first-order chi connectivity index (χ1) is 26.5. The number of fused-ring (bicyclic) bond motifs is 1. The van der Waals surface area contributed by atoms with Crippen LogP contribution < -0.4 is 9.64 Å². The molecule has 3 heterocycles. The zero-order chi connectivity index (χ0) is 38.9. The molecule has 14 heteroatoms. The van der Waals surface area contributed by atoms with Crippen LogP contribution in [0.3, 0.4) is 0 Å². The smallest absolute Gasteiger partial charge is 0.327 e. The number of aliphatic hydroxyl groups excluding tert-OH is 4. The van der Waals surface area contributed by atoms with E-state index in [2.05, 4.69) is 22.1 Å². The third-order valence-corrected chi connectivity index (χ3v) is 11.3. The van der Waals surface area contributed by atoms with E-state index in [4.69, 9.17) is 9.47 Å². The second-order valence-corrected chi connectivity index (χ2v) is 14.7. The van der Waals surface area contributed by atoms with Gasteiger partial charge in [-0.2, -0.15) is 0 Å². The molecule has 1 saturated heterocycles. The number of nitrogens with zero attached hydrogens (tertiary/aromatic N) is 3. The minimum absolute atomic E-state index is 0.0514. The fraction of sp³-hybridized carbons (Fsp3) is 0.415. The second kappa shape index (κ2) is 15.9.